The van der Waals surface area contributed by atoms with E-state index in [4.69, 9.17) is 38.4 Å². The van der Waals surface area contributed by atoms with Crippen LogP contribution in [0, 0.1) is 0 Å². The van der Waals surface area contributed by atoms with Crippen LogP contribution in [0.4, 0.5) is 5.69 Å². The second kappa shape index (κ2) is 5.34. The van der Waals surface area contributed by atoms with Crippen LogP contribution in [0.15, 0.2) is 12.1 Å². The molecule has 1 heterocycles. The Hall–Kier alpha value is -0.970. The van der Waals surface area contributed by atoms with Crippen molar-refractivity contribution in [1.29, 1.82) is 0 Å². The van der Waals surface area contributed by atoms with Crippen molar-refractivity contribution >= 4 is 34.9 Å². The topological polar surface area (TPSA) is 61.5 Å². The lowest BCUT2D eigenvalue weighted by Gasteiger charge is -2.26. The molecule has 0 bridgehead atoms. The van der Waals surface area contributed by atoms with E-state index in [1.807, 2.05) is 27.7 Å². The van der Waals surface area contributed by atoms with E-state index in [2.05, 4.69) is 0 Å². The zero-order valence-corrected chi connectivity index (χ0v) is 14.0. The minimum atomic E-state index is -0.541. The van der Waals surface area contributed by atoms with Crippen LogP contribution in [0.3, 0.4) is 0 Å². The predicted octanol–water partition coefficient (Wildman–Crippen LogP) is 4.08. The summed E-state index contributed by atoms with van der Waals surface area (Å²) < 4.78 is 11.5. The first kappa shape index (κ1) is 16.4. The normalized spacial score (nSPS) is 23.0. The van der Waals surface area contributed by atoms with Gasteiger partial charge in [0.15, 0.2) is 0 Å². The first-order valence-electron chi connectivity index (χ1n) is 6.67. The van der Waals surface area contributed by atoms with Crippen molar-refractivity contribution in [2.24, 2.45) is 0 Å². The van der Waals surface area contributed by atoms with Crippen LogP contribution in [0.1, 0.15) is 44.5 Å². The van der Waals surface area contributed by atoms with Crippen LogP contribution in [0.25, 0.3) is 0 Å². The number of anilines is 1. The molecule has 1 saturated heterocycles. The van der Waals surface area contributed by atoms with E-state index in [1.54, 1.807) is 0 Å². The van der Waals surface area contributed by atoms with Gasteiger partial charge in [0.25, 0.3) is 0 Å². The average Bonchev–Trinajstić information content (AvgIpc) is 2.53. The summed E-state index contributed by atoms with van der Waals surface area (Å²) in [6.45, 7) is 7.76. The lowest BCUT2D eigenvalue weighted by Crippen LogP contribution is -2.36. The number of esters is 1. The number of halogens is 2. The van der Waals surface area contributed by atoms with E-state index in [-0.39, 0.29) is 33.0 Å². The zero-order chi connectivity index (χ0) is 16.0. The predicted molar refractivity (Wildman–Crippen MR) is 83.9 cm³/mol. The second-order valence-electron chi connectivity index (χ2n) is 6.42. The van der Waals surface area contributed by atoms with Crippen LogP contribution in [-0.4, -0.2) is 23.3 Å². The van der Waals surface area contributed by atoms with Gasteiger partial charge in [-0.3, -0.25) is 0 Å². The molecule has 0 radical (unpaired) electrons. The monoisotopic (exact) mass is 331 g/mol. The van der Waals surface area contributed by atoms with Crippen molar-refractivity contribution < 1.29 is 14.3 Å². The van der Waals surface area contributed by atoms with Gasteiger partial charge in [0.2, 0.25) is 0 Å². The lowest BCUT2D eigenvalue weighted by molar-refractivity contribution is -0.0924. The van der Waals surface area contributed by atoms with Crippen molar-refractivity contribution in [3.05, 3.63) is 27.7 Å². The van der Waals surface area contributed by atoms with Gasteiger partial charge in [-0.05, 0) is 39.8 Å². The number of hydrogen-bond acceptors (Lipinski definition) is 4. The Bertz CT molecular complexity index is 561. The standard InChI is InChI=1S/C15H19Cl2NO3/c1-14(2)7-11(15(3,4)21-14)20-13(19)8-5-9(16)12(17)10(18)6-8/h5-6,11H,7,18H2,1-4H3. The molecule has 0 aliphatic carbocycles. The molecule has 4 nitrogen and oxygen atoms in total. The van der Waals surface area contributed by atoms with E-state index in [0.717, 1.165) is 0 Å². The second-order valence-corrected chi connectivity index (χ2v) is 7.21. The van der Waals surface area contributed by atoms with Gasteiger partial charge in [0.1, 0.15) is 11.7 Å². The van der Waals surface area contributed by atoms with Gasteiger partial charge in [-0.15, -0.1) is 0 Å². The van der Waals surface area contributed by atoms with Gasteiger partial charge < -0.3 is 15.2 Å². The van der Waals surface area contributed by atoms with Crippen molar-refractivity contribution in [3.63, 3.8) is 0 Å². The Morgan fingerprint density at radius 2 is 1.95 bits per heavy atom. The maximum atomic E-state index is 12.3. The zero-order valence-electron chi connectivity index (χ0n) is 12.5. The van der Waals surface area contributed by atoms with E-state index in [9.17, 15) is 4.79 Å². The quantitative estimate of drug-likeness (QED) is 0.655. The largest absolute Gasteiger partial charge is 0.456 e. The minimum absolute atomic E-state index is 0.228. The summed E-state index contributed by atoms with van der Waals surface area (Å²) in [5.41, 5.74) is 5.37. The van der Waals surface area contributed by atoms with Crippen LogP contribution in [0.5, 0.6) is 0 Å². The molecule has 0 amide bonds. The maximum absolute atomic E-state index is 12.3. The third kappa shape index (κ3) is 3.44. The summed E-state index contributed by atoms with van der Waals surface area (Å²) >= 11 is 11.8. The third-order valence-electron chi connectivity index (χ3n) is 3.53. The molecule has 2 N–H and O–H groups in total. The highest BCUT2D eigenvalue weighted by Gasteiger charge is 2.48. The van der Waals surface area contributed by atoms with Gasteiger partial charge in [-0.2, -0.15) is 0 Å². The molecular formula is C15H19Cl2NO3. The fraction of sp³-hybridized carbons (Fsp3) is 0.533. The molecular weight excluding hydrogens is 313 g/mol. The van der Waals surface area contributed by atoms with Crippen LogP contribution < -0.4 is 5.73 Å². The van der Waals surface area contributed by atoms with Gasteiger partial charge in [-0.25, -0.2) is 4.79 Å². The molecule has 1 aromatic carbocycles. The molecule has 2 rings (SSSR count). The van der Waals surface area contributed by atoms with Crippen molar-refractivity contribution in [1.82, 2.24) is 0 Å². The SMILES string of the molecule is CC1(C)CC(OC(=O)c2cc(N)c(Cl)c(Cl)c2)C(C)(C)O1. The van der Waals surface area contributed by atoms with Gasteiger partial charge in [-0.1, -0.05) is 23.2 Å². The number of carbonyl (C=O) groups excluding carboxylic acids is 1. The number of nitrogen functional groups attached to an aromatic ring is 1. The number of carbonyl (C=O) groups is 1. The smallest absolute Gasteiger partial charge is 0.338 e. The molecule has 21 heavy (non-hydrogen) atoms. The molecule has 0 aromatic heterocycles. The number of ether oxygens (including phenoxy) is 2. The summed E-state index contributed by atoms with van der Waals surface area (Å²) in [6.07, 6.45) is 0.290. The first-order valence-corrected chi connectivity index (χ1v) is 7.43. The van der Waals surface area contributed by atoms with E-state index in [1.165, 1.54) is 12.1 Å². The molecule has 1 unspecified atom stereocenters. The van der Waals surface area contributed by atoms with Crippen molar-refractivity contribution in [2.75, 3.05) is 5.73 Å². The van der Waals surface area contributed by atoms with E-state index >= 15 is 0 Å². The highest BCUT2D eigenvalue weighted by Crippen LogP contribution is 2.39. The highest BCUT2D eigenvalue weighted by molar-refractivity contribution is 6.43. The van der Waals surface area contributed by atoms with Crippen molar-refractivity contribution in [3.8, 4) is 0 Å². The number of rotatable bonds is 2. The summed E-state index contributed by atoms with van der Waals surface area (Å²) in [5.74, 6) is -0.486. The average molecular weight is 332 g/mol. The van der Waals surface area contributed by atoms with E-state index < -0.39 is 11.6 Å². The van der Waals surface area contributed by atoms with Crippen LogP contribution in [0.2, 0.25) is 10.0 Å². The number of hydrogen-bond donors (Lipinski definition) is 1. The highest BCUT2D eigenvalue weighted by atomic mass is 35.5. The Labute approximate surface area is 134 Å². The van der Waals surface area contributed by atoms with Gasteiger partial charge >= 0.3 is 5.97 Å². The first-order chi connectivity index (χ1) is 9.52. The van der Waals surface area contributed by atoms with Gasteiger partial charge in [0, 0.05) is 6.42 Å². The fourth-order valence-corrected chi connectivity index (χ4v) is 2.96. The van der Waals surface area contributed by atoms with Crippen molar-refractivity contribution in [2.45, 2.75) is 51.4 Å². The number of nitrogens with two attached hydrogens (primary N) is 1. The summed E-state index contributed by atoms with van der Waals surface area (Å²) in [4.78, 5) is 12.3. The molecule has 1 aliphatic heterocycles. The maximum Gasteiger partial charge on any atom is 0.338 e. The molecule has 116 valence electrons. The van der Waals surface area contributed by atoms with Gasteiger partial charge in [0.05, 0.1) is 26.9 Å². The molecule has 1 fully saturated rings. The Kier molecular flexibility index (Phi) is 4.17. The minimum Gasteiger partial charge on any atom is -0.456 e. The fourth-order valence-electron chi connectivity index (χ4n) is 2.62. The Morgan fingerprint density at radius 3 is 2.43 bits per heavy atom. The Morgan fingerprint density at radius 1 is 1.33 bits per heavy atom. The summed E-state index contributed by atoms with van der Waals surface area (Å²) in [7, 11) is 0. The third-order valence-corrected chi connectivity index (χ3v) is 4.35. The number of benzene rings is 1. The summed E-state index contributed by atoms with van der Waals surface area (Å²) in [6, 6.07) is 2.92. The summed E-state index contributed by atoms with van der Waals surface area (Å²) in [5, 5.41) is 0.463. The molecule has 1 atom stereocenters. The molecule has 0 saturated carbocycles. The molecule has 1 aliphatic rings. The lowest BCUT2D eigenvalue weighted by atomic mass is 9.97. The Balaban J connectivity index is 2.19. The molecule has 6 heteroatoms. The van der Waals surface area contributed by atoms with Crippen LogP contribution >= 0.6 is 23.2 Å². The molecule has 0 spiro atoms. The van der Waals surface area contributed by atoms with E-state index in [0.29, 0.717) is 6.42 Å². The van der Waals surface area contributed by atoms with Crippen LogP contribution in [-0.2, 0) is 9.47 Å². The molecule has 1 aromatic rings.